The summed E-state index contributed by atoms with van der Waals surface area (Å²) in [5, 5.41) is 1.02. The van der Waals surface area contributed by atoms with Gasteiger partial charge in [0.15, 0.2) is 6.10 Å². The lowest BCUT2D eigenvalue weighted by Gasteiger charge is -2.19. The molecule has 4 heteroatoms. The summed E-state index contributed by atoms with van der Waals surface area (Å²) in [5.74, 6) is 0.361. The molecule has 3 rings (SSSR count). The van der Waals surface area contributed by atoms with Gasteiger partial charge >= 0.3 is 5.97 Å². The van der Waals surface area contributed by atoms with Crippen molar-refractivity contribution >= 4 is 16.9 Å². The maximum Gasteiger partial charge on any atom is 0.335 e. The van der Waals surface area contributed by atoms with Crippen LogP contribution in [0.1, 0.15) is 44.8 Å². The quantitative estimate of drug-likeness (QED) is 0.750. The van der Waals surface area contributed by atoms with Crippen LogP contribution in [0.3, 0.4) is 0 Å². The Hall–Kier alpha value is -1.81. The number of carbonyl (C=O) groups is 1. The van der Waals surface area contributed by atoms with Gasteiger partial charge < -0.3 is 13.9 Å². The van der Waals surface area contributed by atoms with E-state index < -0.39 is 6.10 Å². The van der Waals surface area contributed by atoms with Gasteiger partial charge in [0, 0.05) is 5.39 Å². The molecule has 1 aliphatic carbocycles. The van der Waals surface area contributed by atoms with Crippen molar-refractivity contribution in [3.8, 4) is 0 Å². The van der Waals surface area contributed by atoms with Gasteiger partial charge in [-0.05, 0) is 31.4 Å². The van der Waals surface area contributed by atoms with Crippen LogP contribution in [-0.2, 0) is 20.9 Å². The van der Waals surface area contributed by atoms with Crippen molar-refractivity contribution in [1.29, 1.82) is 0 Å². The summed E-state index contributed by atoms with van der Waals surface area (Å²) in [4.78, 5) is 12.2. The van der Waals surface area contributed by atoms with E-state index in [1.807, 2.05) is 37.3 Å². The number of benzene rings is 1. The molecule has 0 radical (unpaired) electrons. The van der Waals surface area contributed by atoms with Crippen molar-refractivity contribution in [1.82, 2.24) is 0 Å². The topological polar surface area (TPSA) is 48.7 Å². The first-order valence-corrected chi connectivity index (χ1v) is 8.06. The lowest BCUT2D eigenvalue weighted by atomic mass is 10.2. The molecule has 1 saturated carbocycles. The highest BCUT2D eigenvalue weighted by Crippen LogP contribution is 2.24. The summed E-state index contributed by atoms with van der Waals surface area (Å²) in [6, 6.07) is 9.66. The Morgan fingerprint density at radius 2 is 2.09 bits per heavy atom. The fourth-order valence-electron chi connectivity index (χ4n) is 2.92. The monoisotopic (exact) mass is 302 g/mol. The number of hydrogen-bond donors (Lipinski definition) is 0. The highest BCUT2D eigenvalue weighted by Gasteiger charge is 2.25. The zero-order chi connectivity index (χ0) is 15.4. The van der Waals surface area contributed by atoms with E-state index in [9.17, 15) is 4.79 Å². The summed E-state index contributed by atoms with van der Waals surface area (Å²) < 4.78 is 16.9. The molecule has 0 bridgehead atoms. The minimum atomic E-state index is -0.465. The minimum absolute atomic E-state index is 0.151. The fraction of sp³-hybridized carbons (Fsp3) is 0.500. The number of ether oxygens (including phenoxy) is 2. The second-order valence-electron chi connectivity index (χ2n) is 5.80. The first-order valence-electron chi connectivity index (χ1n) is 8.06. The van der Waals surface area contributed by atoms with Crippen molar-refractivity contribution in [2.45, 2.75) is 57.8 Å². The number of carbonyl (C=O) groups excluding carboxylic acids is 1. The normalized spacial score (nSPS) is 17.0. The molecule has 0 N–H and O–H groups in total. The number of esters is 1. The van der Waals surface area contributed by atoms with Crippen molar-refractivity contribution in [3.63, 3.8) is 0 Å². The van der Waals surface area contributed by atoms with Crippen LogP contribution in [0.2, 0.25) is 0 Å². The van der Waals surface area contributed by atoms with Gasteiger partial charge in [-0.1, -0.05) is 38.0 Å². The molecular formula is C18H22O4. The molecule has 0 amide bonds. The van der Waals surface area contributed by atoms with E-state index in [4.69, 9.17) is 13.9 Å². The molecule has 1 aromatic heterocycles. The Kier molecular flexibility index (Phi) is 4.78. The van der Waals surface area contributed by atoms with Gasteiger partial charge in [0.2, 0.25) is 0 Å². The van der Waals surface area contributed by atoms with Crippen molar-refractivity contribution in [2.24, 2.45) is 0 Å². The van der Waals surface area contributed by atoms with Crippen LogP contribution in [0.5, 0.6) is 0 Å². The Balaban J connectivity index is 1.55. The standard InChI is InChI=1S/C18H22O4/c1-2-16(21-14-8-4-5-9-14)18(19)20-12-15-11-13-7-3-6-10-17(13)22-15/h3,6-7,10-11,14,16H,2,4-5,8-9,12H2,1H3. The Morgan fingerprint density at radius 1 is 1.32 bits per heavy atom. The van der Waals surface area contributed by atoms with Gasteiger partial charge in [-0.15, -0.1) is 0 Å². The summed E-state index contributed by atoms with van der Waals surface area (Å²) in [6.07, 6.45) is 4.86. The van der Waals surface area contributed by atoms with Crippen LogP contribution in [-0.4, -0.2) is 18.2 Å². The van der Waals surface area contributed by atoms with Gasteiger partial charge in [0.05, 0.1) is 6.10 Å². The second kappa shape index (κ2) is 6.97. The van der Waals surface area contributed by atoms with Gasteiger partial charge in [-0.25, -0.2) is 4.79 Å². The molecule has 1 fully saturated rings. The molecular weight excluding hydrogens is 280 g/mol. The second-order valence-corrected chi connectivity index (χ2v) is 5.80. The first kappa shape index (κ1) is 15.1. The Bertz CT molecular complexity index is 592. The molecule has 0 saturated heterocycles. The Morgan fingerprint density at radius 3 is 2.82 bits per heavy atom. The fourth-order valence-corrected chi connectivity index (χ4v) is 2.92. The van der Waals surface area contributed by atoms with E-state index in [1.54, 1.807) is 0 Å². The SMILES string of the molecule is CCC(OC1CCCC1)C(=O)OCc1cc2ccccc2o1. The third-order valence-electron chi connectivity index (χ3n) is 4.13. The molecule has 22 heavy (non-hydrogen) atoms. The highest BCUT2D eigenvalue weighted by atomic mass is 16.6. The lowest BCUT2D eigenvalue weighted by molar-refractivity contribution is -0.163. The number of fused-ring (bicyclic) bond motifs is 1. The van der Waals surface area contributed by atoms with E-state index in [1.165, 1.54) is 12.8 Å². The van der Waals surface area contributed by atoms with Crippen LogP contribution < -0.4 is 0 Å². The van der Waals surface area contributed by atoms with E-state index in [-0.39, 0.29) is 18.7 Å². The largest absolute Gasteiger partial charge is 0.457 e. The van der Waals surface area contributed by atoms with E-state index in [2.05, 4.69) is 0 Å². The molecule has 1 unspecified atom stereocenters. The van der Waals surface area contributed by atoms with Gasteiger partial charge in [-0.2, -0.15) is 0 Å². The highest BCUT2D eigenvalue weighted by molar-refractivity contribution is 5.78. The molecule has 1 atom stereocenters. The van der Waals surface area contributed by atoms with Crippen LogP contribution in [0.15, 0.2) is 34.7 Å². The lowest BCUT2D eigenvalue weighted by Crippen LogP contribution is -2.29. The molecule has 118 valence electrons. The van der Waals surface area contributed by atoms with Gasteiger partial charge in [0.1, 0.15) is 18.0 Å². The minimum Gasteiger partial charge on any atom is -0.457 e. The molecule has 1 heterocycles. The number of hydrogen-bond acceptors (Lipinski definition) is 4. The van der Waals surface area contributed by atoms with E-state index >= 15 is 0 Å². The summed E-state index contributed by atoms with van der Waals surface area (Å²) >= 11 is 0. The maximum atomic E-state index is 12.2. The van der Waals surface area contributed by atoms with Crippen molar-refractivity contribution in [2.75, 3.05) is 0 Å². The third-order valence-corrected chi connectivity index (χ3v) is 4.13. The average molecular weight is 302 g/mol. The smallest absolute Gasteiger partial charge is 0.335 e. The zero-order valence-corrected chi connectivity index (χ0v) is 12.9. The maximum absolute atomic E-state index is 12.2. The van der Waals surface area contributed by atoms with Crippen LogP contribution in [0, 0.1) is 0 Å². The molecule has 1 aromatic carbocycles. The molecule has 0 aliphatic heterocycles. The molecule has 4 nitrogen and oxygen atoms in total. The Labute approximate surface area is 130 Å². The number of rotatable bonds is 6. The third kappa shape index (κ3) is 3.50. The molecule has 0 spiro atoms. The van der Waals surface area contributed by atoms with Gasteiger partial charge in [0.25, 0.3) is 0 Å². The number of furan rings is 1. The van der Waals surface area contributed by atoms with E-state index in [0.29, 0.717) is 12.2 Å². The molecule has 1 aliphatic rings. The first-order chi connectivity index (χ1) is 10.8. The van der Waals surface area contributed by atoms with Crippen LogP contribution in [0.4, 0.5) is 0 Å². The van der Waals surface area contributed by atoms with Gasteiger partial charge in [-0.3, -0.25) is 0 Å². The predicted molar refractivity (Wildman–Crippen MR) is 83.4 cm³/mol. The number of para-hydroxylation sites is 1. The van der Waals surface area contributed by atoms with Crippen molar-refractivity contribution < 1.29 is 18.7 Å². The summed E-state index contributed by atoms with van der Waals surface area (Å²) in [5.41, 5.74) is 0.808. The van der Waals surface area contributed by atoms with Crippen LogP contribution >= 0.6 is 0 Å². The predicted octanol–water partition coefficient (Wildman–Crippen LogP) is 4.21. The summed E-state index contributed by atoms with van der Waals surface area (Å²) in [6.45, 7) is 2.10. The van der Waals surface area contributed by atoms with E-state index in [0.717, 1.165) is 23.8 Å². The molecule has 2 aromatic rings. The average Bonchev–Trinajstić information content (AvgIpc) is 3.18. The van der Waals surface area contributed by atoms with Crippen molar-refractivity contribution in [3.05, 3.63) is 36.1 Å². The zero-order valence-electron chi connectivity index (χ0n) is 12.9. The summed E-state index contributed by atoms with van der Waals surface area (Å²) in [7, 11) is 0. The van der Waals surface area contributed by atoms with Crippen LogP contribution in [0.25, 0.3) is 11.0 Å².